The Morgan fingerprint density at radius 2 is 1.52 bits per heavy atom. The van der Waals surface area contributed by atoms with Crippen LogP contribution in [0, 0.1) is 0 Å². The highest BCUT2D eigenvalue weighted by Gasteiger charge is 2.29. The largest absolute Gasteiger partial charge is 0.369 e. The third kappa shape index (κ3) is 8.80. The summed E-state index contributed by atoms with van der Waals surface area (Å²) in [5.41, 5.74) is 7.20. The summed E-state index contributed by atoms with van der Waals surface area (Å²) in [7, 11) is -6.21. The average molecular weight is 713 g/mol. The van der Waals surface area contributed by atoms with Crippen LogP contribution >= 0.6 is 23.2 Å². The molecule has 4 rings (SSSR count). The van der Waals surface area contributed by atoms with Gasteiger partial charge >= 0.3 is 6.03 Å². The number of halogens is 2. The summed E-state index contributed by atoms with van der Waals surface area (Å²) in [5.74, 6) is -0.632. The van der Waals surface area contributed by atoms with Crippen LogP contribution in [0.3, 0.4) is 0 Å². The molecule has 17 heteroatoms. The maximum absolute atomic E-state index is 13.4. The fraction of sp³-hybridized carbons (Fsp3) is 0.310. The number of sulfonamides is 2. The van der Waals surface area contributed by atoms with Gasteiger partial charge in [-0.25, -0.2) is 21.6 Å². The van der Waals surface area contributed by atoms with Gasteiger partial charge in [0, 0.05) is 74.3 Å². The number of carbonyl (C=O) groups is 2. The average Bonchev–Trinajstić information content (AvgIpc) is 3.01. The molecule has 3 aromatic carbocycles. The van der Waals surface area contributed by atoms with Gasteiger partial charge in [-0.1, -0.05) is 29.3 Å². The minimum Gasteiger partial charge on any atom is -0.369 e. The van der Waals surface area contributed by atoms with Crippen LogP contribution in [0.1, 0.15) is 15.9 Å². The molecule has 0 bridgehead atoms. The maximum Gasteiger partial charge on any atom is 0.315 e. The van der Waals surface area contributed by atoms with Crippen molar-refractivity contribution < 1.29 is 26.4 Å². The van der Waals surface area contributed by atoms with Crippen LogP contribution in [-0.2, 0) is 26.6 Å². The van der Waals surface area contributed by atoms with Gasteiger partial charge in [0.2, 0.25) is 20.0 Å². The van der Waals surface area contributed by atoms with Gasteiger partial charge in [0.1, 0.15) is 0 Å². The van der Waals surface area contributed by atoms with E-state index in [9.17, 15) is 26.4 Å². The molecule has 13 nitrogen and oxygen atoms in total. The molecule has 1 heterocycles. The van der Waals surface area contributed by atoms with E-state index in [4.69, 9.17) is 28.9 Å². The molecule has 0 atom stereocenters. The fourth-order valence-electron chi connectivity index (χ4n) is 4.73. The first-order chi connectivity index (χ1) is 21.7. The van der Waals surface area contributed by atoms with Crippen molar-refractivity contribution >= 4 is 72.2 Å². The van der Waals surface area contributed by atoms with Gasteiger partial charge < -0.3 is 26.6 Å². The lowest BCUT2D eigenvalue weighted by Gasteiger charge is -2.35. The third-order valence-electron chi connectivity index (χ3n) is 7.23. The van der Waals surface area contributed by atoms with Crippen LogP contribution in [0.5, 0.6) is 0 Å². The standard InChI is InChI=1S/C29H35Cl2N7O6S2/c1-36(45(2,41)42)27-8-3-20(19-34-29(40)33-10-9-32)15-26(27)28(39)35-23-4-6-25(7-5-23)46(43,44)38-13-11-37(12-14-38)24-17-21(30)16-22(31)18-24/h3-8,15-18H,9-14,19,32H2,1-2H3,(H,35,39)(H2,33,34,40). The number of urea groups is 1. The fourth-order valence-corrected chi connectivity index (χ4v) is 7.18. The van der Waals surface area contributed by atoms with Crippen molar-refractivity contribution in [1.82, 2.24) is 14.9 Å². The zero-order chi connectivity index (χ0) is 33.6. The monoisotopic (exact) mass is 711 g/mol. The van der Waals surface area contributed by atoms with Crippen molar-refractivity contribution in [3.8, 4) is 0 Å². The lowest BCUT2D eigenvalue weighted by atomic mass is 10.1. The van der Waals surface area contributed by atoms with E-state index in [1.807, 2.05) is 4.90 Å². The van der Waals surface area contributed by atoms with Gasteiger partial charge in [-0.2, -0.15) is 4.31 Å². The Morgan fingerprint density at radius 1 is 0.891 bits per heavy atom. The van der Waals surface area contributed by atoms with E-state index in [1.165, 1.54) is 47.8 Å². The predicted octanol–water partition coefficient (Wildman–Crippen LogP) is 2.91. The number of rotatable bonds is 11. The number of piperazine rings is 1. The number of carbonyl (C=O) groups excluding carboxylic acids is 2. The number of hydrogen-bond acceptors (Lipinski definition) is 8. The van der Waals surface area contributed by atoms with Crippen molar-refractivity contribution in [2.75, 3.05) is 67.1 Å². The molecule has 3 amide bonds. The summed E-state index contributed by atoms with van der Waals surface area (Å²) in [6.07, 6.45) is 1.01. The first-order valence-electron chi connectivity index (χ1n) is 14.1. The van der Waals surface area contributed by atoms with Crippen LogP contribution in [0.25, 0.3) is 0 Å². The minimum absolute atomic E-state index is 0.0325. The Hall–Kier alpha value is -3.60. The van der Waals surface area contributed by atoms with Crippen molar-refractivity contribution in [1.29, 1.82) is 0 Å². The SMILES string of the molecule is CN(c1ccc(CNC(=O)NCCN)cc1C(=O)Nc1ccc(S(=O)(=O)N2CCN(c3cc(Cl)cc(Cl)c3)CC2)cc1)S(C)(=O)=O. The Kier molecular flexibility index (Phi) is 11.4. The molecule has 0 radical (unpaired) electrons. The topological polar surface area (TPSA) is 174 Å². The molecule has 0 aromatic heterocycles. The summed E-state index contributed by atoms with van der Waals surface area (Å²) < 4.78 is 53.7. The van der Waals surface area contributed by atoms with E-state index < -0.39 is 32.0 Å². The third-order valence-corrected chi connectivity index (χ3v) is 10.8. The normalized spacial score (nSPS) is 14.1. The predicted molar refractivity (Wildman–Crippen MR) is 181 cm³/mol. The lowest BCUT2D eigenvalue weighted by molar-refractivity contribution is 0.102. The molecule has 1 aliphatic heterocycles. The second-order valence-electron chi connectivity index (χ2n) is 10.5. The second kappa shape index (κ2) is 14.9. The van der Waals surface area contributed by atoms with Crippen LogP contribution < -0.4 is 30.9 Å². The maximum atomic E-state index is 13.4. The minimum atomic E-state index is -3.82. The van der Waals surface area contributed by atoms with Gasteiger partial charge in [-0.15, -0.1) is 0 Å². The summed E-state index contributed by atoms with van der Waals surface area (Å²) >= 11 is 12.2. The number of nitrogens with one attached hydrogen (secondary N) is 3. The molecule has 0 spiro atoms. The molecule has 248 valence electrons. The van der Waals surface area contributed by atoms with Gasteiger partial charge in [-0.3, -0.25) is 9.10 Å². The quantitative estimate of drug-likeness (QED) is 0.235. The van der Waals surface area contributed by atoms with E-state index in [0.29, 0.717) is 34.4 Å². The summed E-state index contributed by atoms with van der Waals surface area (Å²) in [6, 6.07) is 15.0. The van der Waals surface area contributed by atoms with Gasteiger partial charge in [0.25, 0.3) is 5.91 Å². The molecule has 1 aliphatic rings. The Bertz CT molecular complexity index is 1780. The van der Waals surface area contributed by atoms with Crippen molar-refractivity contribution in [3.05, 3.63) is 81.8 Å². The van der Waals surface area contributed by atoms with Crippen LogP contribution in [-0.4, -0.2) is 85.7 Å². The van der Waals surface area contributed by atoms with E-state index in [2.05, 4.69) is 16.0 Å². The van der Waals surface area contributed by atoms with E-state index in [1.54, 1.807) is 24.3 Å². The molecule has 1 saturated heterocycles. The van der Waals surface area contributed by atoms with Gasteiger partial charge in [-0.05, 0) is 60.2 Å². The highest BCUT2D eigenvalue weighted by atomic mass is 35.5. The molecule has 0 aliphatic carbocycles. The highest BCUT2D eigenvalue weighted by molar-refractivity contribution is 7.92. The number of nitrogens with two attached hydrogens (primary N) is 1. The Morgan fingerprint density at radius 3 is 2.11 bits per heavy atom. The van der Waals surface area contributed by atoms with E-state index >= 15 is 0 Å². The van der Waals surface area contributed by atoms with Crippen molar-refractivity contribution in [3.63, 3.8) is 0 Å². The number of amides is 3. The summed E-state index contributed by atoms with van der Waals surface area (Å²) in [6.45, 7) is 2.02. The van der Waals surface area contributed by atoms with Crippen molar-refractivity contribution in [2.24, 2.45) is 5.73 Å². The van der Waals surface area contributed by atoms with Crippen molar-refractivity contribution in [2.45, 2.75) is 11.4 Å². The number of nitrogens with zero attached hydrogens (tertiary/aromatic N) is 3. The molecule has 0 saturated carbocycles. The molecular formula is C29H35Cl2N7O6S2. The smallest absolute Gasteiger partial charge is 0.315 e. The molecule has 0 unspecified atom stereocenters. The van der Waals surface area contributed by atoms with Gasteiger partial charge in [0.15, 0.2) is 0 Å². The number of benzene rings is 3. The van der Waals surface area contributed by atoms with E-state index in [-0.39, 0.29) is 48.9 Å². The first-order valence-corrected chi connectivity index (χ1v) is 18.1. The Labute approximate surface area is 278 Å². The van der Waals surface area contributed by atoms with E-state index in [0.717, 1.165) is 16.2 Å². The zero-order valence-electron chi connectivity index (χ0n) is 25.2. The Balaban J connectivity index is 1.47. The molecule has 1 fully saturated rings. The summed E-state index contributed by atoms with van der Waals surface area (Å²) in [5, 5.41) is 8.92. The summed E-state index contributed by atoms with van der Waals surface area (Å²) in [4.78, 5) is 27.4. The number of hydrogen-bond donors (Lipinski definition) is 4. The highest BCUT2D eigenvalue weighted by Crippen LogP contribution is 2.28. The molecular weight excluding hydrogens is 677 g/mol. The molecule has 3 aromatic rings. The first kappa shape index (κ1) is 35.3. The molecule has 5 N–H and O–H groups in total. The van der Waals surface area contributed by atoms with Crippen LogP contribution in [0.4, 0.5) is 21.9 Å². The lowest BCUT2D eigenvalue weighted by Crippen LogP contribution is -2.48. The van der Waals surface area contributed by atoms with Crippen LogP contribution in [0.15, 0.2) is 65.6 Å². The zero-order valence-corrected chi connectivity index (χ0v) is 28.3. The number of anilines is 3. The second-order valence-corrected chi connectivity index (χ2v) is 15.3. The van der Waals surface area contributed by atoms with Crippen LogP contribution in [0.2, 0.25) is 10.0 Å². The van der Waals surface area contributed by atoms with Gasteiger partial charge in [0.05, 0.1) is 22.4 Å². The molecule has 46 heavy (non-hydrogen) atoms.